The highest BCUT2D eigenvalue weighted by molar-refractivity contribution is 6.28. The number of carbonyl (C=O) groups excluding carboxylic acids is 1. The molecule has 0 radical (unpaired) electrons. The summed E-state index contributed by atoms with van der Waals surface area (Å²) in [5.41, 5.74) is 1.67. The molecule has 4 rings (SSSR count). The van der Waals surface area contributed by atoms with Gasteiger partial charge in [-0.25, -0.2) is 4.98 Å². The molecule has 7 nitrogen and oxygen atoms in total. The molecule has 1 amide bonds. The lowest BCUT2D eigenvalue weighted by molar-refractivity contribution is -0.130. The summed E-state index contributed by atoms with van der Waals surface area (Å²) < 4.78 is 0. The van der Waals surface area contributed by atoms with Gasteiger partial charge in [-0.2, -0.15) is 9.97 Å². The van der Waals surface area contributed by atoms with Gasteiger partial charge in [0.2, 0.25) is 11.2 Å². The summed E-state index contributed by atoms with van der Waals surface area (Å²) in [5.74, 6) is 0.614. The maximum atomic E-state index is 12.8. The number of imidazole rings is 1. The Hall–Kier alpha value is -1.89. The van der Waals surface area contributed by atoms with E-state index in [4.69, 9.17) is 11.6 Å². The highest BCUT2D eigenvalue weighted by Gasteiger charge is 2.50. The van der Waals surface area contributed by atoms with Gasteiger partial charge in [0.15, 0.2) is 11.5 Å². The van der Waals surface area contributed by atoms with Gasteiger partial charge in [-0.1, -0.05) is 20.8 Å². The van der Waals surface area contributed by atoms with Crippen LogP contribution in [0.15, 0.2) is 6.33 Å². The molecule has 1 saturated carbocycles. The lowest BCUT2D eigenvalue weighted by Crippen LogP contribution is -2.40. The van der Waals surface area contributed by atoms with Crippen LogP contribution >= 0.6 is 11.6 Å². The van der Waals surface area contributed by atoms with Crippen molar-refractivity contribution in [3.8, 4) is 0 Å². The van der Waals surface area contributed by atoms with Gasteiger partial charge in [-0.3, -0.25) is 4.79 Å². The quantitative estimate of drug-likeness (QED) is 0.820. The van der Waals surface area contributed by atoms with Gasteiger partial charge in [0.1, 0.15) is 5.52 Å². The molecule has 2 aliphatic rings. The first-order chi connectivity index (χ1) is 11.7. The third-order valence-electron chi connectivity index (χ3n) is 5.40. The zero-order chi connectivity index (χ0) is 17.8. The number of fused-ring (bicyclic) bond motifs is 3. The summed E-state index contributed by atoms with van der Waals surface area (Å²) in [6.45, 7) is 7.95. The first-order valence-corrected chi connectivity index (χ1v) is 9.03. The largest absolute Gasteiger partial charge is 0.359 e. The molecule has 1 saturated heterocycles. The molecule has 8 heteroatoms. The third-order valence-corrected chi connectivity index (χ3v) is 5.57. The maximum Gasteiger partial charge on any atom is 0.242 e. The van der Waals surface area contributed by atoms with Gasteiger partial charge < -0.3 is 15.2 Å². The number of carbonyl (C=O) groups is 1. The Morgan fingerprint density at radius 1 is 1.40 bits per heavy atom. The zero-order valence-electron chi connectivity index (χ0n) is 14.8. The Balaban J connectivity index is 1.49. The van der Waals surface area contributed by atoms with Crippen LogP contribution in [-0.4, -0.2) is 49.9 Å². The molecule has 2 N–H and O–H groups in total. The fourth-order valence-corrected chi connectivity index (χ4v) is 5.11. The van der Waals surface area contributed by atoms with Gasteiger partial charge in [-0.15, -0.1) is 0 Å². The van der Waals surface area contributed by atoms with Crippen LogP contribution in [-0.2, 0) is 4.79 Å². The Bertz CT molecular complexity index is 834. The van der Waals surface area contributed by atoms with Crippen molar-refractivity contribution >= 4 is 34.5 Å². The highest BCUT2D eigenvalue weighted by Crippen LogP contribution is 2.52. The lowest BCUT2D eigenvalue weighted by atomic mass is 9.65. The number of nitrogens with zero attached hydrogens (tertiary/aromatic N) is 4. The van der Waals surface area contributed by atoms with E-state index < -0.39 is 0 Å². The van der Waals surface area contributed by atoms with Gasteiger partial charge >= 0.3 is 0 Å². The number of hydrogen-bond acceptors (Lipinski definition) is 5. The average Bonchev–Trinajstić information content (AvgIpc) is 3.05. The van der Waals surface area contributed by atoms with E-state index in [-0.39, 0.29) is 23.2 Å². The predicted molar refractivity (Wildman–Crippen MR) is 96.4 cm³/mol. The van der Waals surface area contributed by atoms with E-state index in [1.165, 1.54) is 12.7 Å². The molecular weight excluding hydrogens is 340 g/mol. The zero-order valence-corrected chi connectivity index (χ0v) is 15.5. The fourth-order valence-electron chi connectivity index (χ4n) is 4.95. The minimum absolute atomic E-state index is 0.105. The molecule has 1 aliphatic heterocycles. The molecule has 3 heterocycles. The molecule has 0 aromatic carbocycles. The smallest absolute Gasteiger partial charge is 0.242 e. The molecular formula is C17H23ClN6O. The number of amides is 1. The van der Waals surface area contributed by atoms with E-state index in [1.807, 2.05) is 0 Å². The second-order valence-corrected chi connectivity index (χ2v) is 8.87. The van der Waals surface area contributed by atoms with E-state index in [0.29, 0.717) is 28.4 Å². The van der Waals surface area contributed by atoms with Crippen molar-refractivity contribution in [1.82, 2.24) is 24.8 Å². The number of rotatable bonds is 3. The fraction of sp³-hybridized carbons (Fsp3) is 0.647. The van der Waals surface area contributed by atoms with Gasteiger partial charge in [0, 0.05) is 12.6 Å². The predicted octanol–water partition coefficient (Wildman–Crippen LogP) is 2.85. The van der Waals surface area contributed by atoms with E-state index in [0.717, 1.165) is 19.4 Å². The van der Waals surface area contributed by atoms with Crippen molar-refractivity contribution in [1.29, 1.82) is 0 Å². The number of likely N-dealkylation sites (tertiary alicyclic amines) is 1. The standard InChI is InChI=1S/C17H23ClN6O/c1-16(2)4-10-5-17(3,7-16)8-24(10)11(25)6-19-13-12-14(21-9-20-12)23-15(18)22-13/h9-10H,4-8H2,1-3H3,(H2,19,20,21,22,23)/t10-,17-/m1/s1. The van der Waals surface area contributed by atoms with Crippen LogP contribution in [0.3, 0.4) is 0 Å². The summed E-state index contributed by atoms with van der Waals surface area (Å²) in [5, 5.41) is 3.22. The molecule has 1 aliphatic carbocycles. The number of H-pyrrole nitrogens is 1. The molecule has 0 spiro atoms. The minimum Gasteiger partial charge on any atom is -0.359 e. The van der Waals surface area contributed by atoms with E-state index in [2.05, 4.69) is 50.9 Å². The second kappa shape index (κ2) is 5.56. The van der Waals surface area contributed by atoms with Gasteiger partial charge in [-0.05, 0) is 41.7 Å². The SMILES string of the molecule is CC1(C)C[C@@H]2C[C@@](C)(CN2C(=O)CNc2nc(Cl)nc3nc[nH]c23)C1. The number of anilines is 1. The van der Waals surface area contributed by atoms with Crippen LogP contribution in [0.2, 0.25) is 5.28 Å². The molecule has 2 aromatic rings. The van der Waals surface area contributed by atoms with Crippen molar-refractivity contribution in [3.63, 3.8) is 0 Å². The van der Waals surface area contributed by atoms with Crippen LogP contribution < -0.4 is 5.32 Å². The first kappa shape index (κ1) is 16.6. The van der Waals surface area contributed by atoms with Crippen LogP contribution in [0.25, 0.3) is 11.2 Å². The topological polar surface area (TPSA) is 86.8 Å². The van der Waals surface area contributed by atoms with E-state index in [1.54, 1.807) is 0 Å². The summed E-state index contributed by atoms with van der Waals surface area (Å²) in [6.07, 6.45) is 4.88. The third kappa shape index (κ3) is 3.05. The average molecular weight is 363 g/mol. The van der Waals surface area contributed by atoms with Gasteiger partial charge in [0.05, 0.1) is 12.9 Å². The van der Waals surface area contributed by atoms with E-state index in [9.17, 15) is 4.79 Å². The highest BCUT2D eigenvalue weighted by atomic mass is 35.5. The van der Waals surface area contributed by atoms with Crippen molar-refractivity contribution in [2.75, 3.05) is 18.4 Å². The van der Waals surface area contributed by atoms with E-state index >= 15 is 0 Å². The van der Waals surface area contributed by atoms with Crippen LogP contribution in [0.1, 0.15) is 40.0 Å². The van der Waals surface area contributed by atoms with Crippen molar-refractivity contribution in [2.45, 2.75) is 46.1 Å². The summed E-state index contributed by atoms with van der Waals surface area (Å²) in [6, 6.07) is 0.337. The molecule has 134 valence electrons. The number of aromatic nitrogens is 4. The first-order valence-electron chi connectivity index (χ1n) is 8.65. The van der Waals surface area contributed by atoms with Crippen molar-refractivity contribution in [3.05, 3.63) is 11.6 Å². The van der Waals surface area contributed by atoms with Crippen molar-refractivity contribution < 1.29 is 4.79 Å². The number of halogens is 1. The maximum absolute atomic E-state index is 12.8. The summed E-state index contributed by atoms with van der Waals surface area (Å²) in [7, 11) is 0. The van der Waals surface area contributed by atoms with Crippen LogP contribution in [0.4, 0.5) is 5.82 Å². The van der Waals surface area contributed by atoms with Crippen LogP contribution in [0.5, 0.6) is 0 Å². The molecule has 2 bridgehead atoms. The minimum atomic E-state index is 0.105. The second-order valence-electron chi connectivity index (χ2n) is 8.53. The molecule has 0 unspecified atom stereocenters. The number of aromatic amines is 1. The molecule has 25 heavy (non-hydrogen) atoms. The normalized spacial score (nSPS) is 27.7. The monoisotopic (exact) mass is 362 g/mol. The number of hydrogen-bond donors (Lipinski definition) is 2. The van der Waals surface area contributed by atoms with Crippen LogP contribution in [0, 0.1) is 10.8 Å². The summed E-state index contributed by atoms with van der Waals surface area (Å²) in [4.78, 5) is 30.2. The van der Waals surface area contributed by atoms with Crippen molar-refractivity contribution in [2.24, 2.45) is 10.8 Å². The summed E-state index contributed by atoms with van der Waals surface area (Å²) >= 11 is 5.93. The number of nitrogens with one attached hydrogen (secondary N) is 2. The Morgan fingerprint density at radius 2 is 2.20 bits per heavy atom. The Kier molecular flexibility index (Phi) is 3.68. The Morgan fingerprint density at radius 3 is 3.00 bits per heavy atom. The lowest BCUT2D eigenvalue weighted by Gasteiger charge is -2.39. The molecule has 2 atom stereocenters. The molecule has 2 fully saturated rings. The Labute approximate surface area is 151 Å². The van der Waals surface area contributed by atoms with Gasteiger partial charge in [0.25, 0.3) is 0 Å². The molecule has 2 aromatic heterocycles.